The Hall–Kier alpha value is -3.48. The summed E-state index contributed by atoms with van der Waals surface area (Å²) in [6.45, 7) is -1.57. The van der Waals surface area contributed by atoms with Gasteiger partial charge < -0.3 is 24.3 Å². The Morgan fingerprint density at radius 2 is 1.92 bits per heavy atom. The van der Waals surface area contributed by atoms with Crippen LogP contribution in [0.1, 0.15) is 31.5 Å². The first-order valence-corrected chi connectivity index (χ1v) is 11.6. The number of aromatic nitrogens is 6. The average Bonchev–Trinajstić information content (AvgIpc) is 3.40. The van der Waals surface area contributed by atoms with Crippen LogP contribution in [0.4, 0.5) is 23.5 Å². The SMILES string of the molecule is COc1nc(NC2CCC(OC(F)F)CC2)nc2[nH]cc(-c3cnc4nc(C)n(CC(F)F)c4c3)c12. The van der Waals surface area contributed by atoms with E-state index in [0.29, 0.717) is 76.7 Å². The second-order valence-electron chi connectivity index (χ2n) is 8.72. The van der Waals surface area contributed by atoms with Crippen molar-refractivity contribution in [1.29, 1.82) is 0 Å². The molecule has 0 bridgehead atoms. The number of fused-ring (bicyclic) bond motifs is 2. The van der Waals surface area contributed by atoms with E-state index in [1.54, 1.807) is 25.4 Å². The van der Waals surface area contributed by atoms with Crippen LogP contribution in [0.25, 0.3) is 33.3 Å². The molecule has 0 aliphatic heterocycles. The van der Waals surface area contributed by atoms with Crippen molar-refractivity contribution in [2.75, 3.05) is 12.4 Å². The molecular weight excluding hydrogens is 482 g/mol. The van der Waals surface area contributed by atoms with Gasteiger partial charge in [0.15, 0.2) is 5.65 Å². The van der Waals surface area contributed by atoms with Crippen LogP contribution in [0.2, 0.25) is 0 Å². The van der Waals surface area contributed by atoms with Gasteiger partial charge in [0.25, 0.3) is 6.43 Å². The summed E-state index contributed by atoms with van der Waals surface area (Å²) in [6, 6.07) is 1.78. The fourth-order valence-corrected chi connectivity index (χ4v) is 4.75. The summed E-state index contributed by atoms with van der Waals surface area (Å²) in [7, 11) is 1.50. The molecule has 9 nitrogen and oxygen atoms in total. The molecule has 192 valence electrons. The minimum Gasteiger partial charge on any atom is -0.480 e. The first-order chi connectivity index (χ1) is 17.3. The number of halogens is 4. The first-order valence-electron chi connectivity index (χ1n) is 11.6. The third-order valence-corrected chi connectivity index (χ3v) is 6.42. The lowest BCUT2D eigenvalue weighted by Crippen LogP contribution is -2.31. The van der Waals surface area contributed by atoms with Gasteiger partial charge in [0, 0.05) is 29.6 Å². The van der Waals surface area contributed by atoms with E-state index in [-0.39, 0.29) is 6.04 Å². The Kier molecular flexibility index (Phi) is 6.65. The lowest BCUT2D eigenvalue weighted by atomic mass is 9.93. The van der Waals surface area contributed by atoms with Crippen LogP contribution in [0.3, 0.4) is 0 Å². The smallest absolute Gasteiger partial charge is 0.345 e. The van der Waals surface area contributed by atoms with Gasteiger partial charge in [0.2, 0.25) is 11.8 Å². The van der Waals surface area contributed by atoms with Crippen LogP contribution in [0.15, 0.2) is 18.5 Å². The van der Waals surface area contributed by atoms with E-state index in [9.17, 15) is 17.6 Å². The largest absolute Gasteiger partial charge is 0.480 e. The molecule has 0 aromatic carbocycles. The van der Waals surface area contributed by atoms with E-state index in [1.165, 1.54) is 11.7 Å². The van der Waals surface area contributed by atoms with E-state index in [0.717, 1.165) is 0 Å². The summed E-state index contributed by atoms with van der Waals surface area (Å²) in [6.07, 6.45) is 2.72. The minimum absolute atomic E-state index is 0.0177. The minimum atomic E-state index is -2.76. The van der Waals surface area contributed by atoms with Gasteiger partial charge in [-0.2, -0.15) is 18.7 Å². The molecule has 36 heavy (non-hydrogen) atoms. The number of pyridine rings is 1. The molecule has 2 N–H and O–H groups in total. The fraction of sp³-hybridized carbons (Fsp3) is 0.478. The van der Waals surface area contributed by atoms with Crippen molar-refractivity contribution >= 4 is 28.1 Å². The predicted octanol–water partition coefficient (Wildman–Crippen LogP) is 4.91. The number of ether oxygens (including phenoxy) is 2. The maximum atomic E-state index is 13.1. The van der Waals surface area contributed by atoms with Crippen LogP contribution < -0.4 is 10.1 Å². The van der Waals surface area contributed by atoms with E-state index in [4.69, 9.17) is 4.74 Å². The molecule has 0 spiro atoms. The van der Waals surface area contributed by atoms with Gasteiger partial charge in [0.1, 0.15) is 11.5 Å². The van der Waals surface area contributed by atoms with Crippen molar-refractivity contribution in [3.8, 4) is 17.0 Å². The molecule has 1 fully saturated rings. The van der Waals surface area contributed by atoms with E-state index in [1.807, 2.05) is 0 Å². The van der Waals surface area contributed by atoms with Gasteiger partial charge in [-0.05, 0) is 38.7 Å². The molecule has 0 saturated heterocycles. The molecule has 4 heterocycles. The number of aromatic amines is 1. The number of rotatable bonds is 8. The van der Waals surface area contributed by atoms with Gasteiger partial charge in [-0.3, -0.25) is 0 Å². The van der Waals surface area contributed by atoms with E-state index < -0.39 is 25.7 Å². The summed E-state index contributed by atoms with van der Waals surface area (Å²) in [5.41, 5.74) is 2.79. The van der Waals surface area contributed by atoms with E-state index in [2.05, 4.69) is 35.0 Å². The molecule has 4 aromatic rings. The van der Waals surface area contributed by atoms with Crippen molar-refractivity contribution in [1.82, 2.24) is 29.5 Å². The molecule has 5 rings (SSSR count). The number of nitrogens with zero attached hydrogens (tertiary/aromatic N) is 5. The number of hydrogen-bond donors (Lipinski definition) is 2. The van der Waals surface area contributed by atoms with Crippen molar-refractivity contribution in [3.63, 3.8) is 0 Å². The number of methoxy groups -OCH3 is 1. The summed E-state index contributed by atoms with van der Waals surface area (Å²) < 4.78 is 62.8. The highest BCUT2D eigenvalue weighted by atomic mass is 19.3. The Morgan fingerprint density at radius 3 is 2.61 bits per heavy atom. The average molecular weight is 507 g/mol. The van der Waals surface area contributed by atoms with Gasteiger partial charge in [-0.25, -0.2) is 18.7 Å². The molecule has 1 aliphatic carbocycles. The fourth-order valence-electron chi connectivity index (χ4n) is 4.75. The number of hydrogen-bond acceptors (Lipinski definition) is 7. The number of imidazole rings is 1. The number of alkyl halides is 4. The zero-order chi connectivity index (χ0) is 25.4. The van der Waals surface area contributed by atoms with Gasteiger partial charge in [-0.15, -0.1) is 0 Å². The molecule has 0 atom stereocenters. The number of aryl methyl sites for hydroxylation is 1. The normalized spacial score (nSPS) is 18.6. The van der Waals surface area contributed by atoms with Crippen LogP contribution in [-0.2, 0) is 11.3 Å². The first kappa shape index (κ1) is 24.2. The van der Waals surface area contributed by atoms with Crippen molar-refractivity contribution < 1.29 is 27.0 Å². The lowest BCUT2D eigenvalue weighted by molar-refractivity contribution is -0.169. The Balaban J connectivity index is 1.43. The van der Waals surface area contributed by atoms with Crippen molar-refractivity contribution in [2.24, 2.45) is 0 Å². The number of anilines is 1. The highest BCUT2D eigenvalue weighted by molar-refractivity contribution is 5.98. The molecule has 1 aliphatic rings. The van der Waals surface area contributed by atoms with Crippen molar-refractivity contribution in [3.05, 3.63) is 24.3 Å². The topological polar surface area (TPSA) is 103 Å². The maximum absolute atomic E-state index is 13.1. The van der Waals surface area contributed by atoms with Gasteiger partial charge in [0.05, 0.1) is 30.7 Å². The zero-order valence-electron chi connectivity index (χ0n) is 19.6. The van der Waals surface area contributed by atoms with Crippen LogP contribution in [0.5, 0.6) is 5.88 Å². The monoisotopic (exact) mass is 507 g/mol. The third-order valence-electron chi connectivity index (χ3n) is 6.42. The second-order valence-corrected chi connectivity index (χ2v) is 8.72. The summed E-state index contributed by atoms with van der Waals surface area (Å²) >= 11 is 0. The molecule has 0 unspecified atom stereocenters. The van der Waals surface area contributed by atoms with Crippen LogP contribution in [-0.4, -0.2) is 61.8 Å². The third kappa shape index (κ3) is 4.79. The lowest BCUT2D eigenvalue weighted by Gasteiger charge is -2.28. The molecular formula is C23H25F4N7O2. The number of H-pyrrole nitrogens is 1. The van der Waals surface area contributed by atoms with E-state index >= 15 is 0 Å². The highest BCUT2D eigenvalue weighted by Gasteiger charge is 2.25. The van der Waals surface area contributed by atoms with Gasteiger partial charge in [-0.1, -0.05) is 0 Å². The quantitative estimate of drug-likeness (QED) is 0.327. The maximum Gasteiger partial charge on any atom is 0.345 e. The summed E-state index contributed by atoms with van der Waals surface area (Å²) in [4.78, 5) is 20.8. The standard InChI is InChI=1S/C23H25F4N7O2/c1-11-30-19-16(34(11)10-17(24)25)7-12(8-28-19)15-9-29-20-18(15)21(35-2)33-23(32-20)31-13-3-5-14(6-4-13)36-22(26)27/h7-9,13-14,17,22H,3-6,10H2,1-2H3,(H2,29,31,32,33). The zero-order valence-corrected chi connectivity index (χ0v) is 19.6. The van der Waals surface area contributed by atoms with Crippen LogP contribution >= 0.6 is 0 Å². The molecule has 4 aromatic heterocycles. The summed E-state index contributed by atoms with van der Waals surface area (Å²) in [5.74, 6) is 1.14. The van der Waals surface area contributed by atoms with Gasteiger partial charge >= 0.3 is 6.61 Å². The molecule has 1 saturated carbocycles. The predicted molar refractivity (Wildman–Crippen MR) is 124 cm³/mol. The Labute approximate surface area is 203 Å². The second kappa shape index (κ2) is 9.88. The Morgan fingerprint density at radius 1 is 1.14 bits per heavy atom. The highest BCUT2D eigenvalue weighted by Crippen LogP contribution is 2.35. The Bertz CT molecular complexity index is 1370. The molecule has 0 radical (unpaired) electrons. The number of nitrogens with one attached hydrogen (secondary N) is 2. The molecule has 0 amide bonds. The van der Waals surface area contributed by atoms with Crippen molar-refractivity contribution in [2.45, 2.75) is 64.3 Å². The summed E-state index contributed by atoms with van der Waals surface area (Å²) in [5, 5.41) is 3.88. The van der Waals surface area contributed by atoms with Crippen LogP contribution in [0, 0.1) is 6.92 Å². The molecule has 13 heteroatoms.